The Morgan fingerprint density at radius 2 is 1.07 bits per heavy atom. The Kier molecular flexibility index (Phi) is 3.70. The van der Waals surface area contributed by atoms with Gasteiger partial charge >= 0.3 is 21.3 Å². The molecule has 0 nitrogen and oxygen atoms in total. The zero-order valence-electron chi connectivity index (χ0n) is 5.78. The van der Waals surface area contributed by atoms with Crippen molar-refractivity contribution in [3.63, 3.8) is 0 Å². The largest absolute Gasteiger partial charge is 0.375 e. The van der Waals surface area contributed by atoms with Gasteiger partial charge in [0.2, 0.25) is 0 Å². The van der Waals surface area contributed by atoms with E-state index in [1.165, 1.54) is 0 Å². The first kappa shape index (κ1) is 14.6. The third kappa shape index (κ3) is 2.21. The molecule has 0 saturated carbocycles. The summed E-state index contributed by atoms with van der Waals surface area (Å²) in [6, 6.07) is 0. The lowest BCUT2D eigenvalue weighted by Crippen LogP contribution is -2.57. The molecule has 1 unspecified atom stereocenters. The summed E-state index contributed by atoms with van der Waals surface area (Å²) >= 11 is 8.85. The van der Waals surface area contributed by atoms with Crippen molar-refractivity contribution < 1.29 is 30.7 Å². The van der Waals surface area contributed by atoms with Crippen molar-refractivity contribution >= 4 is 39.1 Å². The average Bonchev–Trinajstić information content (AvgIpc) is 1.81. The highest BCUT2D eigenvalue weighted by atomic mass is 79.9. The van der Waals surface area contributed by atoms with E-state index >= 15 is 0 Å². The molecule has 0 aromatic rings. The quantitative estimate of drug-likeness (QED) is 0.533. The monoisotopic (exact) mass is 330 g/mol. The number of halogens is 10. The van der Waals surface area contributed by atoms with Crippen LogP contribution in [0.25, 0.3) is 0 Å². The topological polar surface area (TPSA) is 0 Å². The van der Waals surface area contributed by atoms with E-state index in [4.69, 9.17) is 0 Å². The molecule has 0 aliphatic carbocycles. The Morgan fingerprint density at radius 1 is 0.786 bits per heavy atom. The first-order valence-electron chi connectivity index (χ1n) is 2.64. The number of hydrogen-bond acceptors (Lipinski definition) is 0. The van der Waals surface area contributed by atoms with Gasteiger partial charge in [0, 0.05) is 0 Å². The van der Waals surface area contributed by atoms with E-state index < -0.39 is 21.3 Å². The van der Waals surface area contributed by atoms with Gasteiger partial charge in [-0.3, -0.25) is 0 Å². The normalized spacial score (nSPS) is 19.3. The van der Waals surface area contributed by atoms with Crippen molar-refractivity contribution in [3.05, 3.63) is 0 Å². The van der Waals surface area contributed by atoms with Crippen LogP contribution >= 0.6 is 39.1 Å². The van der Waals surface area contributed by atoms with E-state index in [-0.39, 0.29) is 0 Å². The molecular weight excluding hydrogens is 332 g/mol. The van der Waals surface area contributed by atoms with Crippen LogP contribution in [0.5, 0.6) is 0 Å². The van der Waals surface area contributed by atoms with Crippen LogP contribution in [0.1, 0.15) is 0 Å². The Morgan fingerprint density at radius 3 is 1.14 bits per heavy atom. The maximum atomic E-state index is 12.5. The summed E-state index contributed by atoms with van der Waals surface area (Å²) in [6.07, 6.45) is 0. The molecule has 0 aliphatic rings. The zero-order chi connectivity index (χ0) is 12.0. The highest BCUT2D eigenvalue weighted by Crippen LogP contribution is 2.56. The molecule has 0 aromatic heterocycles. The van der Waals surface area contributed by atoms with Gasteiger partial charge in [0.15, 0.2) is 0 Å². The van der Waals surface area contributed by atoms with Gasteiger partial charge in [-0.1, -0.05) is 11.6 Å². The lowest BCUT2D eigenvalue weighted by atomic mass is 10.2. The van der Waals surface area contributed by atoms with Crippen LogP contribution in [0, 0.1) is 0 Å². The van der Waals surface area contributed by atoms with Crippen molar-refractivity contribution in [2.45, 2.75) is 21.3 Å². The first-order valence-corrected chi connectivity index (χ1v) is 4.19. The fourth-order valence-electron chi connectivity index (χ4n) is 0.356. The van der Waals surface area contributed by atoms with E-state index in [1.54, 1.807) is 0 Å². The first-order chi connectivity index (χ1) is 5.75. The molecule has 0 spiro atoms. The SMILES string of the molecule is FC(F)(Cl)C(F)(Cl)C(F)(F)C(F)(F)Br. The minimum Gasteiger partial charge on any atom is -0.211 e. The molecule has 0 heterocycles. The minimum absolute atomic E-state index is 1.03. The summed E-state index contributed by atoms with van der Waals surface area (Å²) < 4.78 is 85.0. The molecular formula is C4BrCl2F7. The van der Waals surface area contributed by atoms with Gasteiger partial charge in [0.25, 0.3) is 0 Å². The lowest BCUT2D eigenvalue weighted by Gasteiger charge is -2.32. The molecule has 0 fully saturated rings. The highest BCUT2D eigenvalue weighted by molar-refractivity contribution is 9.10. The van der Waals surface area contributed by atoms with E-state index in [9.17, 15) is 30.7 Å². The number of alkyl halides is 10. The van der Waals surface area contributed by atoms with Gasteiger partial charge in [-0.2, -0.15) is 26.3 Å². The van der Waals surface area contributed by atoms with Crippen LogP contribution in [0.3, 0.4) is 0 Å². The van der Waals surface area contributed by atoms with Crippen molar-refractivity contribution in [3.8, 4) is 0 Å². The molecule has 1 atom stereocenters. The Bertz CT molecular complexity index is 193. The Hall–Kier alpha value is 0.570. The summed E-state index contributed by atoms with van der Waals surface area (Å²) in [7, 11) is 0. The van der Waals surface area contributed by atoms with E-state index in [2.05, 4.69) is 23.2 Å². The molecule has 0 saturated heterocycles. The second-order valence-electron chi connectivity index (χ2n) is 2.14. The predicted octanol–water partition coefficient (Wildman–Crippen LogP) is 4.35. The van der Waals surface area contributed by atoms with Gasteiger partial charge in [-0.05, 0) is 27.5 Å². The molecule has 0 amide bonds. The molecule has 86 valence electrons. The van der Waals surface area contributed by atoms with Crippen LogP contribution in [-0.2, 0) is 0 Å². The van der Waals surface area contributed by atoms with Crippen molar-refractivity contribution in [2.75, 3.05) is 0 Å². The third-order valence-electron chi connectivity index (χ3n) is 1.11. The average molecular weight is 332 g/mol. The zero-order valence-corrected chi connectivity index (χ0v) is 8.88. The second kappa shape index (κ2) is 3.55. The minimum atomic E-state index is -5.88. The lowest BCUT2D eigenvalue weighted by molar-refractivity contribution is -0.239. The van der Waals surface area contributed by atoms with Gasteiger partial charge in [0.1, 0.15) is 0 Å². The van der Waals surface area contributed by atoms with Crippen LogP contribution in [0.2, 0.25) is 0 Å². The molecule has 0 rings (SSSR count). The molecule has 0 N–H and O–H groups in total. The van der Waals surface area contributed by atoms with E-state index in [0.717, 1.165) is 15.9 Å². The van der Waals surface area contributed by atoms with Crippen LogP contribution < -0.4 is 0 Å². The summed E-state index contributed by atoms with van der Waals surface area (Å²) in [6.45, 7) is 0. The third-order valence-corrected chi connectivity index (χ3v) is 2.44. The summed E-state index contributed by atoms with van der Waals surface area (Å²) in [5.41, 5.74) is 0. The smallest absolute Gasteiger partial charge is 0.211 e. The molecule has 14 heavy (non-hydrogen) atoms. The van der Waals surface area contributed by atoms with Crippen LogP contribution in [-0.4, -0.2) is 21.3 Å². The summed E-state index contributed by atoms with van der Waals surface area (Å²) in [5.74, 6) is -5.88. The maximum absolute atomic E-state index is 12.5. The molecule has 10 heteroatoms. The maximum Gasteiger partial charge on any atom is 0.375 e. The fraction of sp³-hybridized carbons (Fsp3) is 1.00. The van der Waals surface area contributed by atoms with Crippen LogP contribution in [0.15, 0.2) is 0 Å². The predicted molar refractivity (Wildman–Crippen MR) is 39.3 cm³/mol. The Labute approximate surface area is 91.5 Å². The van der Waals surface area contributed by atoms with Gasteiger partial charge in [-0.25, -0.2) is 4.39 Å². The van der Waals surface area contributed by atoms with Gasteiger partial charge in [-0.15, -0.1) is 0 Å². The van der Waals surface area contributed by atoms with Crippen molar-refractivity contribution in [1.29, 1.82) is 0 Å². The second-order valence-corrected chi connectivity index (χ2v) is 4.14. The highest BCUT2D eigenvalue weighted by Gasteiger charge is 2.78. The Balaban J connectivity index is 5.30. The summed E-state index contributed by atoms with van der Waals surface area (Å²) in [5, 5.41) is -10.8. The van der Waals surface area contributed by atoms with E-state index in [1.807, 2.05) is 0 Å². The van der Waals surface area contributed by atoms with E-state index in [0.29, 0.717) is 0 Å². The molecule has 0 aliphatic heterocycles. The van der Waals surface area contributed by atoms with Crippen molar-refractivity contribution in [2.24, 2.45) is 0 Å². The standard InChI is InChI=1S/C4BrCl2F7/c5-3(11,12)2(9,10)1(6,8)4(7,13)14. The van der Waals surface area contributed by atoms with Crippen molar-refractivity contribution in [1.82, 2.24) is 0 Å². The van der Waals surface area contributed by atoms with Gasteiger partial charge in [0.05, 0.1) is 0 Å². The van der Waals surface area contributed by atoms with Crippen LogP contribution in [0.4, 0.5) is 30.7 Å². The molecule has 0 bridgehead atoms. The molecule has 0 aromatic carbocycles. The number of rotatable bonds is 3. The number of hydrogen-bond donors (Lipinski definition) is 0. The summed E-state index contributed by atoms with van der Waals surface area (Å²) in [4.78, 5) is -5.26. The van der Waals surface area contributed by atoms with Gasteiger partial charge < -0.3 is 0 Å². The fourth-order valence-corrected chi connectivity index (χ4v) is 0.981. The molecule has 0 radical (unpaired) electrons.